The van der Waals surface area contributed by atoms with Gasteiger partial charge in [0, 0.05) is 29.8 Å². The van der Waals surface area contributed by atoms with Crippen LogP contribution in [-0.2, 0) is 22.7 Å². The van der Waals surface area contributed by atoms with Crippen molar-refractivity contribution in [2.24, 2.45) is 0 Å². The largest absolute Gasteiger partial charge is 0.507 e. The molecule has 0 saturated carbocycles. The van der Waals surface area contributed by atoms with Gasteiger partial charge >= 0.3 is 0 Å². The van der Waals surface area contributed by atoms with E-state index in [1.807, 2.05) is 0 Å². The van der Waals surface area contributed by atoms with Crippen LogP contribution in [-0.4, -0.2) is 33.8 Å². The summed E-state index contributed by atoms with van der Waals surface area (Å²) in [5.74, 6) is -1.35. The molecule has 116 valence electrons. The summed E-state index contributed by atoms with van der Waals surface area (Å²) in [5.41, 5.74) is 1.10. The van der Waals surface area contributed by atoms with Crippen LogP contribution in [0.5, 0.6) is 11.5 Å². The number of phenolic OH excluding ortho intramolecular Hbond substituents is 2. The first-order chi connectivity index (χ1) is 9.90. The molecular formula is C13H16Cl2N2O4. The Hall–Kier alpha value is -1.66. The molecule has 0 spiro atoms. The van der Waals surface area contributed by atoms with Gasteiger partial charge < -0.3 is 20.8 Å². The molecule has 0 atom stereocenters. The Balaban J connectivity index is 2.96. The highest BCUT2D eigenvalue weighted by atomic mass is 35.5. The molecule has 0 fully saturated rings. The van der Waals surface area contributed by atoms with Crippen molar-refractivity contribution in [1.29, 1.82) is 0 Å². The smallest absolute Gasteiger partial charge is 0.235 e. The van der Waals surface area contributed by atoms with E-state index in [2.05, 4.69) is 10.6 Å². The highest BCUT2D eigenvalue weighted by Gasteiger charge is 2.15. The van der Waals surface area contributed by atoms with Gasteiger partial charge in [-0.3, -0.25) is 9.59 Å². The summed E-state index contributed by atoms with van der Waals surface area (Å²) in [6.07, 6.45) is 0. The second-order valence-electron chi connectivity index (χ2n) is 4.34. The number of halogens is 2. The number of carbonyl (C=O) groups excluding carboxylic acids is 2. The molecule has 4 N–H and O–H groups in total. The van der Waals surface area contributed by atoms with Gasteiger partial charge in [-0.1, -0.05) is 0 Å². The van der Waals surface area contributed by atoms with Crippen LogP contribution in [0.25, 0.3) is 0 Å². The van der Waals surface area contributed by atoms with Crippen LogP contribution in [0.3, 0.4) is 0 Å². The van der Waals surface area contributed by atoms with E-state index in [9.17, 15) is 19.8 Å². The fraction of sp³-hybridized carbons (Fsp3) is 0.385. The molecule has 1 rings (SSSR count). The van der Waals surface area contributed by atoms with E-state index in [1.54, 1.807) is 0 Å². The molecule has 0 unspecified atom stereocenters. The van der Waals surface area contributed by atoms with Crippen molar-refractivity contribution in [3.8, 4) is 11.5 Å². The van der Waals surface area contributed by atoms with Crippen LogP contribution in [0.1, 0.15) is 16.7 Å². The lowest BCUT2D eigenvalue weighted by atomic mass is 10.0. The summed E-state index contributed by atoms with van der Waals surface area (Å²) in [5, 5.41) is 25.0. The van der Waals surface area contributed by atoms with Gasteiger partial charge in [0.1, 0.15) is 23.3 Å². The van der Waals surface area contributed by atoms with Gasteiger partial charge in [-0.15, -0.1) is 23.2 Å². The van der Waals surface area contributed by atoms with E-state index < -0.39 is 0 Å². The molecule has 8 heteroatoms. The number of hydrogen-bond acceptors (Lipinski definition) is 4. The Morgan fingerprint density at radius 1 is 1.00 bits per heavy atom. The second-order valence-corrected chi connectivity index (χ2v) is 4.87. The summed E-state index contributed by atoms with van der Waals surface area (Å²) < 4.78 is 0. The zero-order valence-corrected chi connectivity index (χ0v) is 12.9. The maximum atomic E-state index is 11.1. The molecule has 2 amide bonds. The molecule has 0 radical (unpaired) electrons. The van der Waals surface area contributed by atoms with Gasteiger partial charge in [0.05, 0.1) is 0 Å². The second kappa shape index (κ2) is 7.95. The van der Waals surface area contributed by atoms with Gasteiger partial charge in [0.2, 0.25) is 11.8 Å². The molecule has 21 heavy (non-hydrogen) atoms. The third-order valence-corrected chi connectivity index (χ3v) is 3.35. The Labute approximate surface area is 132 Å². The van der Waals surface area contributed by atoms with Gasteiger partial charge in [0.25, 0.3) is 0 Å². The minimum atomic E-state index is -0.376. The number of rotatable bonds is 6. The molecule has 1 aromatic carbocycles. The van der Waals surface area contributed by atoms with Crippen LogP contribution in [0, 0.1) is 6.92 Å². The number of amides is 2. The van der Waals surface area contributed by atoms with E-state index in [0.29, 0.717) is 11.1 Å². The number of benzene rings is 1. The van der Waals surface area contributed by atoms with E-state index in [4.69, 9.17) is 23.2 Å². The maximum Gasteiger partial charge on any atom is 0.235 e. The quantitative estimate of drug-likeness (QED) is 0.586. The molecule has 0 aliphatic carbocycles. The average Bonchev–Trinajstić information content (AvgIpc) is 2.50. The lowest BCUT2D eigenvalue weighted by Gasteiger charge is -2.14. The van der Waals surface area contributed by atoms with Crippen molar-refractivity contribution in [1.82, 2.24) is 10.6 Å². The predicted octanol–water partition coefficient (Wildman–Crippen LogP) is 1.12. The van der Waals surface area contributed by atoms with Crippen LogP contribution in [0.15, 0.2) is 6.07 Å². The summed E-state index contributed by atoms with van der Waals surface area (Å²) in [7, 11) is 0. The van der Waals surface area contributed by atoms with Crippen molar-refractivity contribution in [2.75, 3.05) is 11.8 Å². The van der Waals surface area contributed by atoms with Crippen LogP contribution >= 0.6 is 23.2 Å². The number of aromatic hydroxyl groups is 2. The zero-order chi connectivity index (χ0) is 16.0. The van der Waals surface area contributed by atoms with E-state index in [1.165, 1.54) is 13.0 Å². The summed E-state index contributed by atoms with van der Waals surface area (Å²) >= 11 is 10.7. The van der Waals surface area contributed by atoms with Crippen molar-refractivity contribution in [3.63, 3.8) is 0 Å². The van der Waals surface area contributed by atoms with Crippen molar-refractivity contribution < 1.29 is 19.8 Å². The van der Waals surface area contributed by atoms with Gasteiger partial charge in [0.15, 0.2) is 0 Å². The minimum Gasteiger partial charge on any atom is -0.507 e. The summed E-state index contributed by atoms with van der Waals surface area (Å²) in [4.78, 5) is 22.3. The first kappa shape index (κ1) is 17.4. The molecule has 0 aromatic heterocycles. The molecule has 6 nitrogen and oxygen atoms in total. The fourth-order valence-electron chi connectivity index (χ4n) is 1.69. The van der Waals surface area contributed by atoms with Crippen molar-refractivity contribution in [3.05, 3.63) is 22.8 Å². The maximum absolute atomic E-state index is 11.1. The Kier molecular flexibility index (Phi) is 6.58. The van der Waals surface area contributed by atoms with Crippen molar-refractivity contribution >= 4 is 35.0 Å². The lowest BCUT2D eigenvalue weighted by molar-refractivity contribution is -0.119. The third-order valence-electron chi connectivity index (χ3n) is 2.86. The summed E-state index contributed by atoms with van der Waals surface area (Å²) in [6.45, 7) is 1.66. The molecule has 0 heterocycles. The lowest BCUT2D eigenvalue weighted by Crippen LogP contribution is -2.25. The molecule has 0 bridgehead atoms. The molecule has 0 aliphatic heterocycles. The molecule has 0 aliphatic rings. The number of carbonyl (C=O) groups is 2. The fourth-order valence-corrected chi connectivity index (χ4v) is 1.88. The highest BCUT2D eigenvalue weighted by molar-refractivity contribution is 6.27. The Morgan fingerprint density at radius 3 is 1.71 bits per heavy atom. The molecular weight excluding hydrogens is 319 g/mol. The van der Waals surface area contributed by atoms with E-state index >= 15 is 0 Å². The van der Waals surface area contributed by atoms with E-state index in [0.717, 1.165) is 0 Å². The Morgan fingerprint density at radius 2 is 1.38 bits per heavy atom. The highest BCUT2D eigenvalue weighted by Crippen LogP contribution is 2.33. The predicted molar refractivity (Wildman–Crippen MR) is 79.6 cm³/mol. The first-order valence-corrected chi connectivity index (χ1v) is 7.16. The monoisotopic (exact) mass is 334 g/mol. The SMILES string of the molecule is Cc1c(O)c(CNC(=O)CCl)cc(CNC(=O)CCl)c1O. The standard InChI is InChI=1S/C13H16Cl2N2O4/c1-7-12(20)8(5-16-10(18)3-14)2-9(13(7)21)6-17-11(19)4-15/h2,20-21H,3-6H2,1H3,(H,16,18)(H,17,19). The van der Waals surface area contributed by atoms with Crippen LogP contribution in [0.4, 0.5) is 0 Å². The number of nitrogens with one attached hydrogen (secondary N) is 2. The van der Waals surface area contributed by atoms with Crippen molar-refractivity contribution in [2.45, 2.75) is 20.0 Å². The number of alkyl halides is 2. The number of phenols is 2. The van der Waals surface area contributed by atoms with Gasteiger partial charge in [-0.2, -0.15) is 0 Å². The normalized spacial score (nSPS) is 10.2. The zero-order valence-electron chi connectivity index (χ0n) is 11.4. The van der Waals surface area contributed by atoms with Gasteiger partial charge in [-0.05, 0) is 13.0 Å². The average molecular weight is 335 g/mol. The summed E-state index contributed by atoms with van der Waals surface area (Å²) in [6, 6.07) is 1.50. The molecule has 1 aromatic rings. The Bertz CT molecular complexity index is 505. The molecule has 0 saturated heterocycles. The minimum absolute atomic E-state index is 0.0644. The van der Waals surface area contributed by atoms with Crippen LogP contribution < -0.4 is 10.6 Å². The third kappa shape index (κ3) is 4.68. The topological polar surface area (TPSA) is 98.7 Å². The number of hydrogen-bond donors (Lipinski definition) is 4. The van der Waals surface area contributed by atoms with Gasteiger partial charge in [-0.25, -0.2) is 0 Å². The van der Waals surface area contributed by atoms with E-state index in [-0.39, 0.29) is 53.7 Å². The van der Waals surface area contributed by atoms with Crippen LogP contribution in [0.2, 0.25) is 0 Å². The first-order valence-electron chi connectivity index (χ1n) is 6.09.